The van der Waals surface area contributed by atoms with E-state index in [1.54, 1.807) is 11.8 Å². The lowest BCUT2D eigenvalue weighted by Crippen LogP contribution is -2.72. The Labute approximate surface area is 134 Å². The van der Waals surface area contributed by atoms with Crippen molar-refractivity contribution in [3.05, 3.63) is 26.1 Å². The highest BCUT2D eigenvalue weighted by atomic mass is 79.9. The molecule has 1 aromatic rings. The van der Waals surface area contributed by atoms with Crippen LogP contribution in [0, 0.1) is 0 Å². The van der Waals surface area contributed by atoms with E-state index in [1.165, 1.54) is 17.5 Å². The third-order valence-electron chi connectivity index (χ3n) is 3.81. The number of hydrogen-bond donors (Lipinski definition) is 2. The highest BCUT2D eigenvalue weighted by molar-refractivity contribution is 9.11. The van der Waals surface area contributed by atoms with Crippen molar-refractivity contribution in [2.24, 2.45) is 0 Å². The average molecular weight is 402 g/mol. The molecule has 1 amide bonds. The molecule has 2 aliphatic rings. The maximum Gasteiger partial charge on any atom is 0.358 e. The number of halogens is 2. The zero-order valence-corrected chi connectivity index (χ0v) is 14.4. The van der Waals surface area contributed by atoms with Gasteiger partial charge in [0.1, 0.15) is 12.2 Å². The predicted octanol–water partition coefficient (Wildman–Crippen LogP) is 1.41. The molecule has 0 atom stereocenters. The fraction of sp³-hybridized carbons (Fsp3) is 0.429. The maximum atomic E-state index is 11.6. The van der Waals surface area contributed by atoms with Gasteiger partial charge in [0, 0.05) is 6.92 Å². The summed E-state index contributed by atoms with van der Waals surface area (Å²) in [5.41, 5.74) is 3.77. The van der Waals surface area contributed by atoms with Crippen LogP contribution in [0.5, 0.6) is 0 Å². The van der Waals surface area contributed by atoms with E-state index in [0.29, 0.717) is 6.54 Å². The molecule has 0 saturated carbocycles. The van der Waals surface area contributed by atoms with E-state index in [4.69, 9.17) is 0 Å². The topological polar surface area (TPSA) is 46.3 Å². The summed E-state index contributed by atoms with van der Waals surface area (Å²) in [5.74, 6) is 0.808. The van der Waals surface area contributed by atoms with Crippen molar-refractivity contribution in [2.45, 2.75) is 26.2 Å². The van der Waals surface area contributed by atoms with Crippen LogP contribution < -0.4 is 10.3 Å². The molecule has 0 aromatic heterocycles. The summed E-state index contributed by atoms with van der Waals surface area (Å²) in [4.78, 5) is 16.6. The smallest absolute Gasteiger partial charge is 0.274 e. The number of carbonyl (C=O) groups is 1. The molecule has 0 fully saturated rings. The van der Waals surface area contributed by atoms with Gasteiger partial charge >= 0.3 is 5.96 Å². The molecular weight excluding hydrogens is 386 g/mol. The first-order valence-electron chi connectivity index (χ1n) is 6.73. The van der Waals surface area contributed by atoms with E-state index >= 15 is 0 Å². The summed E-state index contributed by atoms with van der Waals surface area (Å²) < 4.78 is 2.12. The minimum Gasteiger partial charge on any atom is -0.274 e. The van der Waals surface area contributed by atoms with Crippen molar-refractivity contribution in [1.29, 1.82) is 0 Å². The number of benzene rings is 1. The number of fused-ring (bicyclic) bond motifs is 1. The van der Waals surface area contributed by atoms with Gasteiger partial charge in [-0.15, -0.1) is 0 Å². The minimum absolute atomic E-state index is 0.0471. The molecule has 0 spiro atoms. The number of nitrogens with one attached hydrogen (secondary N) is 2. The largest absolute Gasteiger partial charge is 0.358 e. The first kappa shape index (κ1) is 14.1. The van der Waals surface area contributed by atoms with E-state index < -0.39 is 0 Å². The van der Waals surface area contributed by atoms with Gasteiger partial charge in [0.25, 0.3) is 5.91 Å². The Morgan fingerprint density at radius 3 is 2.95 bits per heavy atom. The number of hydrogen-bond acceptors (Lipinski definition) is 2. The Kier molecular flexibility index (Phi) is 3.86. The second-order valence-electron chi connectivity index (χ2n) is 5.11. The number of carbonyl (C=O) groups excluding carboxylic acids is 1. The molecule has 6 heteroatoms. The van der Waals surface area contributed by atoms with Crippen LogP contribution in [-0.2, 0) is 17.6 Å². The Balaban J connectivity index is 1.94. The van der Waals surface area contributed by atoms with Gasteiger partial charge in [-0.05, 0) is 68.3 Å². The van der Waals surface area contributed by atoms with Crippen LogP contribution in [0.2, 0.25) is 0 Å². The van der Waals surface area contributed by atoms with E-state index in [9.17, 15) is 4.79 Å². The molecule has 0 radical (unpaired) electrons. The minimum atomic E-state index is 0.0471. The Morgan fingerprint density at radius 1 is 1.40 bits per heavy atom. The van der Waals surface area contributed by atoms with Crippen LogP contribution in [0.25, 0.3) is 0 Å². The summed E-state index contributed by atoms with van der Waals surface area (Å²) in [7, 11) is 0. The summed E-state index contributed by atoms with van der Waals surface area (Å²) in [6, 6.07) is 2.18. The van der Waals surface area contributed by atoms with Gasteiger partial charge in [0.2, 0.25) is 0 Å². The van der Waals surface area contributed by atoms with Crippen molar-refractivity contribution in [3.8, 4) is 0 Å². The quantitative estimate of drug-likeness (QED) is 0.747. The molecule has 4 nitrogen and oxygen atoms in total. The van der Waals surface area contributed by atoms with Crippen molar-refractivity contribution < 1.29 is 9.79 Å². The van der Waals surface area contributed by atoms with Gasteiger partial charge in [0.05, 0.1) is 15.5 Å². The van der Waals surface area contributed by atoms with Crippen molar-refractivity contribution in [1.82, 2.24) is 4.90 Å². The van der Waals surface area contributed by atoms with Crippen molar-refractivity contribution >= 4 is 49.4 Å². The molecule has 1 aliphatic heterocycles. The van der Waals surface area contributed by atoms with Crippen LogP contribution in [0.3, 0.4) is 0 Å². The van der Waals surface area contributed by atoms with Crippen LogP contribution in [0.4, 0.5) is 5.69 Å². The van der Waals surface area contributed by atoms with Crippen LogP contribution in [-0.4, -0.2) is 29.9 Å². The molecular formula is C14H16Br2N3O+. The van der Waals surface area contributed by atoms with Gasteiger partial charge in [-0.25, -0.2) is 5.32 Å². The zero-order valence-electron chi connectivity index (χ0n) is 11.2. The molecule has 3 rings (SSSR count). The summed E-state index contributed by atoms with van der Waals surface area (Å²) in [6.07, 6.45) is 3.45. The highest BCUT2D eigenvalue weighted by Gasteiger charge is 2.30. The van der Waals surface area contributed by atoms with E-state index in [-0.39, 0.29) is 5.91 Å². The predicted molar refractivity (Wildman–Crippen MR) is 85.7 cm³/mol. The van der Waals surface area contributed by atoms with Gasteiger partial charge in [0.15, 0.2) is 0 Å². The van der Waals surface area contributed by atoms with E-state index in [1.807, 2.05) is 0 Å². The van der Waals surface area contributed by atoms with Crippen molar-refractivity contribution in [3.63, 3.8) is 0 Å². The molecule has 20 heavy (non-hydrogen) atoms. The molecule has 0 unspecified atom stereocenters. The van der Waals surface area contributed by atoms with Crippen LogP contribution in [0.1, 0.15) is 24.5 Å². The molecule has 0 saturated heterocycles. The van der Waals surface area contributed by atoms with Gasteiger partial charge in [-0.1, -0.05) is 0 Å². The fourth-order valence-electron chi connectivity index (χ4n) is 2.81. The number of rotatable bonds is 1. The Hall–Kier alpha value is -0.880. The Morgan fingerprint density at radius 2 is 2.20 bits per heavy atom. The van der Waals surface area contributed by atoms with Crippen LogP contribution in [0.15, 0.2) is 15.0 Å². The first-order chi connectivity index (χ1) is 9.58. The average Bonchev–Trinajstić information content (AvgIpc) is 3.02. The zero-order chi connectivity index (χ0) is 14.3. The number of nitrogens with zero attached hydrogens (tertiary/aromatic N) is 1. The molecule has 106 valence electrons. The molecule has 1 aromatic carbocycles. The second-order valence-corrected chi connectivity index (χ2v) is 6.76. The maximum absolute atomic E-state index is 11.6. The van der Waals surface area contributed by atoms with Gasteiger partial charge in [-0.3, -0.25) is 9.79 Å². The number of anilines is 1. The van der Waals surface area contributed by atoms with Crippen LogP contribution >= 0.6 is 31.9 Å². The standard InChI is InChI=1S/C14H15Br2N3O/c1-8(20)19-6-5-17-14(19)18-13-11(15)7-9-3-2-4-10(9)12(13)16/h7H,2-6H2,1H3,(H,17,18)/p+1. The molecule has 0 bridgehead atoms. The normalized spacial score (nSPS) is 17.1. The lowest BCUT2D eigenvalue weighted by molar-refractivity contribution is -0.444. The number of amides is 1. The second kappa shape index (κ2) is 5.48. The lowest BCUT2D eigenvalue weighted by Gasteiger charge is -2.14. The first-order valence-corrected chi connectivity index (χ1v) is 8.32. The van der Waals surface area contributed by atoms with Gasteiger partial charge < -0.3 is 0 Å². The third kappa shape index (κ3) is 2.39. The monoisotopic (exact) mass is 400 g/mol. The number of guanidine groups is 1. The molecule has 1 heterocycles. The highest BCUT2D eigenvalue weighted by Crippen LogP contribution is 2.40. The summed E-state index contributed by atoms with van der Waals surface area (Å²) in [6.45, 7) is 3.07. The SMILES string of the molecule is CC(=O)N1CC[NH+]=C1Nc1c(Br)cc2c(c1Br)CCC2. The summed E-state index contributed by atoms with van der Waals surface area (Å²) in [5, 5.41) is 3.36. The van der Waals surface area contributed by atoms with E-state index in [0.717, 1.165) is 40.0 Å². The van der Waals surface area contributed by atoms with Crippen molar-refractivity contribution in [2.75, 3.05) is 18.4 Å². The molecule has 2 N–H and O–H groups in total. The fourth-order valence-corrected chi connectivity index (χ4v) is 4.42. The lowest BCUT2D eigenvalue weighted by atomic mass is 10.1. The number of aryl methyl sites for hydroxylation is 1. The Bertz CT molecular complexity index is 613. The van der Waals surface area contributed by atoms with E-state index in [2.05, 4.69) is 48.2 Å². The molecule has 1 aliphatic carbocycles. The van der Waals surface area contributed by atoms with Gasteiger partial charge in [-0.2, -0.15) is 4.90 Å². The third-order valence-corrected chi connectivity index (χ3v) is 5.31. The summed E-state index contributed by atoms with van der Waals surface area (Å²) >= 11 is 7.34.